The van der Waals surface area contributed by atoms with Gasteiger partial charge in [0.15, 0.2) is 5.96 Å². The zero-order chi connectivity index (χ0) is 11.3. The highest BCUT2D eigenvalue weighted by molar-refractivity contribution is 5.94. The molecule has 0 fully saturated rings. The molecule has 0 aromatic heterocycles. The van der Waals surface area contributed by atoms with E-state index in [1.807, 2.05) is 49.1 Å². The van der Waals surface area contributed by atoms with Gasteiger partial charge >= 0.3 is 0 Å². The molecule has 1 rings (SSSR count). The average Bonchev–Trinajstić information content (AvgIpc) is 2.19. The Labute approximate surface area is 91.6 Å². The second kappa shape index (κ2) is 5.39. The van der Waals surface area contributed by atoms with Crippen LogP contribution in [0, 0.1) is 0 Å². The highest BCUT2D eigenvalue weighted by atomic mass is 15.3. The molecule has 0 aliphatic rings. The van der Waals surface area contributed by atoms with E-state index in [2.05, 4.69) is 11.9 Å². The van der Waals surface area contributed by atoms with Crippen molar-refractivity contribution in [2.75, 3.05) is 11.4 Å². The van der Waals surface area contributed by atoms with Gasteiger partial charge in [0.05, 0.1) is 0 Å². The van der Waals surface area contributed by atoms with Crippen LogP contribution in [0.25, 0.3) is 0 Å². The Hall–Kier alpha value is -1.51. The van der Waals surface area contributed by atoms with Gasteiger partial charge in [-0.2, -0.15) is 0 Å². The summed E-state index contributed by atoms with van der Waals surface area (Å²) in [4.78, 5) is 6.35. The van der Waals surface area contributed by atoms with E-state index < -0.39 is 0 Å². The summed E-state index contributed by atoms with van der Waals surface area (Å²) >= 11 is 0. The molecule has 3 nitrogen and oxygen atoms in total. The van der Waals surface area contributed by atoms with Crippen LogP contribution in [0.4, 0.5) is 5.69 Å². The molecular weight excluding hydrogens is 186 g/mol. The maximum atomic E-state index is 5.94. The number of benzene rings is 1. The third kappa shape index (κ3) is 3.27. The molecular formula is C12H19N3. The molecule has 0 unspecified atom stereocenters. The number of hydrogen-bond donors (Lipinski definition) is 1. The van der Waals surface area contributed by atoms with Gasteiger partial charge in [-0.3, -0.25) is 4.99 Å². The van der Waals surface area contributed by atoms with Crippen molar-refractivity contribution < 1.29 is 0 Å². The topological polar surface area (TPSA) is 41.6 Å². The first kappa shape index (κ1) is 11.6. The van der Waals surface area contributed by atoms with Crippen molar-refractivity contribution in [1.82, 2.24) is 0 Å². The molecule has 0 amide bonds. The van der Waals surface area contributed by atoms with Gasteiger partial charge in [0.1, 0.15) is 0 Å². The molecule has 0 aliphatic carbocycles. The Kier molecular flexibility index (Phi) is 4.16. The number of nitrogens with zero attached hydrogens (tertiary/aromatic N) is 2. The number of rotatable bonds is 3. The SMILES string of the molecule is CCN(C(N)=NC(C)C)c1ccccc1. The normalized spacial score (nSPS) is 11.9. The van der Waals surface area contributed by atoms with Crippen LogP contribution in [-0.4, -0.2) is 18.5 Å². The lowest BCUT2D eigenvalue weighted by Crippen LogP contribution is -2.37. The second-order valence-electron chi connectivity index (χ2n) is 3.66. The lowest BCUT2D eigenvalue weighted by Gasteiger charge is -2.22. The van der Waals surface area contributed by atoms with Crippen molar-refractivity contribution in [3.05, 3.63) is 30.3 Å². The van der Waals surface area contributed by atoms with Gasteiger partial charge in [0, 0.05) is 18.3 Å². The molecule has 0 bridgehead atoms. The van der Waals surface area contributed by atoms with Crippen molar-refractivity contribution in [2.24, 2.45) is 10.7 Å². The third-order valence-corrected chi connectivity index (χ3v) is 2.05. The molecule has 15 heavy (non-hydrogen) atoms. The molecule has 2 N–H and O–H groups in total. The molecule has 1 aromatic rings. The number of guanidine groups is 1. The van der Waals surface area contributed by atoms with E-state index in [1.165, 1.54) is 0 Å². The molecule has 0 radical (unpaired) electrons. The number of anilines is 1. The first-order valence-electron chi connectivity index (χ1n) is 5.31. The molecule has 0 saturated heterocycles. The van der Waals surface area contributed by atoms with Crippen LogP contribution in [0.5, 0.6) is 0 Å². The molecule has 0 saturated carbocycles. The zero-order valence-electron chi connectivity index (χ0n) is 9.64. The summed E-state index contributed by atoms with van der Waals surface area (Å²) < 4.78 is 0. The zero-order valence-corrected chi connectivity index (χ0v) is 9.64. The van der Waals surface area contributed by atoms with E-state index in [1.54, 1.807) is 0 Å². The monoisotopic (exact) mass is 205 g/mol. The van der Waals surface area contributed by atoms with Crippen LogP contribution >= 0.6 is 0 Å². The first-order chi connectivity index (χ1) is 7.15. The fraction of sp³-hybridized carbons (Fsp3) is 0.417. The van der Waals surface area contributed by atoms with Crippen LogP contribution in [0.3, 0.4) is 0 Å². The van der Waals surface area contributed by atoms with Gasteiger partial charge in [-0.25, -0.2) is 0 Å². The summed E-state index contributed by atoms with van der Waals surface area (Å²) in [6, 6.07) is 10.3. The molecule has 0 spiro atoms. The van der Waals surface area contributed by atoms with Gasteiger partial charge in [0.25, 0.3) is 0 Å². The highest BCUT2D eigenvalue weighted by Gasteiger charge is 2.07. The summed E-state index contributed by atoms with van der Waals surface area (Å²) in [5.41, 5.74) is 7.02. The summed E-state index contributed by atoms with van der Waals surface area (Å²) in [5, 5.41) is 0. The molecule has 1 aromatic carbocycles. The van der Waals surface area contributed by atoms with E-state index in [0.29, 0.717) is 5.96 Å². The summed E-state index contributed by atoms with van der Waals surface area (Å²) in [6.45, 7) is 6.93. The van der Waals surface area contributed by atoms with Gasteiger partial charge in [-0.1, -0.05) is 18.2 Å². The number of para-hydroxylation sites is 1. The lowest BCUT2D eigenvalue weighted by atomic mass is 10.3. The quantitative estimate of drug-likeness (QED) is 0.607. The van der Waals surface area contributed by atoms with E-state index in [9.17, 15) is 0 Å². The third-order valence-electron chi connectivity index (χ3n) is 2.05. The molecule has 0 aliphatic heterocycles. The van der Waals surface area contributed by atoms with Crippen molar-refractivity contribution in [2.45, 2.75) is 26.8 Å². The minimum atomic E-state index is 0.225. The van der Waals surface area contributed by atoms with Gasteiger partial charge in [-0.05, 0) is 32.9 Å². The van der Waals surface area contributed by atoms with Crippen LogP contribution in [0.1, 0.15) is 20.8 Å². The van der Waals surface area contributed by atoms with E-state index in [4.69, 9.17) is 5.73 Å². The Bertz CT molecular complexity index is 317. The average molecular weight is 205 g/mol. The second-order valence-corrected chi connectivity index (χ2v) is 3.66. The van der Waals surface area contributed by atoms with Crippen molar-refractivity contribution >= 4 is 11.6 Å². The van der Waals surface area contributed by atoms with E-state index >= 15 is 0 Å². The molecule has 3 heteroatoms. The molecule has 82 valence electrons. The van der Waals surface area contributed by atoms with Crippen LogP contribution in [0.15, 0.2) is 35.3 Å². The van der Waals surface area contributed by atoms with E-state index in [0.717, 1.165) is 12.2 Å². The molecule has 0 atom stereocenters. The highest BCUT2D eigenvalue weighted by Crippen LogP contribution is 2.12. The Morgan fingerprint density at radius 1 is 1.33 bits per heavy atom. The Morgan fingerprint density at radius 3 is 2.40 bits per heavy atom. The predicted molar refractivity (Wildman–Crippen MR) is 66.2 cm³/mol. The number of hydrogen-bond acceptors (Lipinski definition) is 1. The minimum absolute atomic E-state index is 0.225. The smallest absolute Gasteiger partial charge is 0.196 e. The number of nitrogens with two attached hydrogens (primary N) is 1. The number of aliphatic imine (C=N–C) groups is 1. The maximum absolute atomic E-state index is 5.94. The summed E-state index contributed by atoms with van der Waals surface area (Å²) in [5.74, 6) is 0.582. The van der Waals surface area contributed by atoms with Gasteiger partial charge in [0.2, 0.25) is 0 Å². The fourth-order valence-corrected chi connectivity index (χ4v) is 1.42. The van der Waals surface area contributed by atoms with Gasteiger partial charge in [-0.15, -0.1) is 0 Å². The predicted octanol–water partition coefficient (Wildman–Crippen LogP) is 2.24. The van der Waals surface area contributed by atoms with Crippen molar-refractivity contribution in [3.63, 3.8) is 0 Å². The van der Waals surface area contributed by atoms with Crippen molar-refractivity contribution in [3.8, 4) is 0 Å². The summed E-state index contributed by atoms with van der Waals surface area (Å²) in [7, 11) is 0. The standard InChI is InChI=1S/C12H19N3/c1-4-15(12(13)14-10(2)3)11-8-6-5-7-9-11/h5-10H,4H2,1-3H3,(H2,13,14). The van der Waals surface area contributed by atoms with Gasteiger partial charge < -0.3 is 10.6 Å². The minimum Gasteiger partial charge on any atom is -0.370 e. The largest absolute Gasteiger partial charge is 0.370 e. The Morgan fingerprint density at radius 2 is 1.93 bits per heavy atom. The van der Waals surface area contributed by atoms with Crippen molar-refractivity contribution in [1.29, 1.82) is 0 Å². The van der Waals surface area contributed by atoms with Crippen LogP contribution < -0.4 is 10.6 Å². The van der Waals surface area contributed by atoms with E-state index in [-0.39, 0.29) is 6.04 Å². The summed E-state index contributed by atoms with van der Waals surface area (Å²) in [6.07, 6.45) is 0. The fourth-order valence-electron chi connectivity index (χ4n) is 1.42. The van der Waals surface area contributed by atoms with Crippen LogP contribution in [0.2, 0.25) is 0 Å². The lowest BCUT2D eigenvalue weighted by molar-refractivity contribution is 0.824. The molecule has 0 heterocycles. The first-order valence-corrected chi connectivity index (χ1v) is 5.31. The van der Waals surface area contributed by atoms with Crippen LogP contribution in [-0.2, 0) is 0 Å². The Balaban J connectivity index is 2.90. The maximum Gasteiger partial charge on any atom is 0.196 e.